The largest absolute Gasteiger partial charge is 0.376 e. The Kier molecular flexibility index (Phi) is 5.92. The molecule has 0 aromatic heterocycles. The topological polar surface area (TPSA) is 82.4 Å². The zero-order chi connectivity index (χ0) is 19.4. The van der Waals surface area contributed by atoms with Crippen LogP contribution in [0.3, 0.4) is 0 Å². The van der Waals surface area contributed by atoms with Gasteiger partial charge in [0.25, 0.3) is 11.8 Å². The van der Waals surface area contributed by atoms with Gasteiger partial charge < -0.3 is 15.0 Å². The fourth-order valence-electron chi connectivity index (χ4n) is 3.45. The molecule has 2 aliphatic heterocycles. The van der Waals surface area contributed by atoms with E-state index in [1.54, 1.807) is 11.0 Å². The Morgan fingerprint density at radius 2 is 2.19 bits per heavy atom. The minimum atomic E-state index is -0.517. The lowest BCUT2D eigenvalue weighted by molar-refractivity contribution is -0.118. The van der Waals surface area contributed by atoms with Gasteiger partial charge in [-0.1, -0.05) is 32.0 Å². The van der Waals surface area contributed by atoms with Crippen molar-refractivity contribution >= 4 is 23.1 Å². The van der Waals surface area contributed by atoms with Crippen LogP contribution in [-0.4, -0.2) is 37.6 Å². The molecule has 2 amide bonds. The number of carbonyl (C=O) groups is 2. The SMILES string of the molecule is CC(C)CCN1C(=O)C(=C(C#N)C(=O)NCC2CCCO2)c2ccccc21. The van der Waals surface area contributed by atoms with Gasteiger partial charge in [-0.25, -0.2) is 0 Å². The lowest BCUT2D eigenvalue weighted by Gasteiger charge is -2.18. The number of carbonyl (C=O) groups excluding carboxylic acids is 2. The zero-order valence-electron chi connectivity index (χ0n) is 15.8. The first-order valence-electron chi connectivity index (χ1n) is 9.48. The van der Waals surface area contributed by atoms with Gasteiger partial charge in [-0.05, 0) is 31.2 Å². The lowest BCUT2D eigenvalue weighted by Crippen LogP contribution is -2.34. The van der Waals surface area contributed by atoms with Crippen LogP contribution in [0.4, 0.5) is 5.69 Å². The third-order valence-corrected chi connectivity index (χ3v) is 4.96. The highest BCUT2D eigenvalue weighted by atomic mass is 16.5. The summed E-state index contributed by atoms with van der Waals surface area (Å²) in [7, 11) is 0. The smallest absolute Gasteiger partial charge is 0.262 e. The van der Waals surface area contributed by atoms with Crippen LogP contribution in [0.5, 0.6) is 0 Å². The number of rotatable bonds is 6. The Morgan fingerprint density at radius 3 is 2.85 bits per heavy atom. The van der Waals surface area contributed by atoms with Crippen LogP contribution < -0.4 is 10.2 Å². The van der Waals surface area contributed by atoms with Gasteiger partial charge in [-0.2, -0.15) is 5.26 Å². The second kappa shape index (κ2) is 8.36. The Hall–Kier alpha value is -2.65. The number of anilines is 1. The fourth-order valence-corrected chi connectivity index (χ4v) is 3.45. The first-order chi connectivity index (χ1) is 13.0. The maximum Gasteiger partial charge on any atom is 0.262 e. The van der Waals surface area contributed by atoms with E-state index in [9.17, 15) is 14.9 Å². The van der Waals surface area contributed by atoms with Crippen LogP contribution in [0.1, 0.15) is 38.7 Å². The summed E-state index contributed by atoms with van der Waals surface area (Å²) in [5, 5.41) is 12.4. The molecule has 6 nitrogen and oxygen atoms in total. The van der Waals surface area contributed by atoms with Gasteiger partial charge in [0.1, 0.15) is 11.6 Å². The van der Waals surface area contributed by atoms with E-state index in [0.29, 0.717) is 31.2 Å². The van der Waals surface area contributed by atoms with E-state index in [1.807, 2.05) is 24.3 Å². The lowest BCUT2D eigenvalue weighted by atomic mass is 10.0. The molecule has 0 radical (unpaired) electrons. The van der Waals surface area contributed by atoms with Crippen LogP contribution >= 0.6 is 0 Å². The normalized spacial score (nSPS) is 20.6. The van der Waals surface area contributed by atoms with E-state index in [4.69, 9.17) is 4.74 Å². The van der Waals surface area contributed by atoms with E-state index >= 15 is 0 Å². The summed E-state index contributed by atoms with van der Waals surface area (Å²) >= 11 is 0. The van der Waals surface area contributed by atoms with Gasteiger partial charge in [0.05, 0.1) is 17.4 Å². The number of hydrogen-bond acceptors (Lipinski definition) is 4. The van der Waals surface area contributed by atoms with Gasteiger partial charge in [0.2, 0.25) is 0 Å². The van der Waals surface area contributed by atoms with Crippen molar-refractivity contribution in [2.75, 3.05) is 24.6 Å². The van der Waals surface area contributed by atoms with Crippen molar-refractivity contribution in [2.24, 2.45) is 5.92 Å². The Labute approximate surface area is 159 Å². The number of ether oxygens (including phenoxy) is 1. The molecule has 1 N–H and O–H groups in total. The highest BCUT2D eigenvalue weighted by molar-refractivity contribution is 6.37. The van der Waals surface area contributed by atoms with Crippen LogP contribution in [0.2, 0.25) is 0 Å². The molecule has 2 aliphatic rings. The number of benzene rings is 1. The highest BCUT2D eigenvalue weighted by Gasteiger charge is 2.36. The van der Waals surface area contributed by atoms with Gasteiger partial charge in [0.15, 0.2) is 0 Å². The van der Waals surface area contributed by atoms with Gasteiger partial charge >= 0.3 is 0 Å². The van der Waals surface area contributed by atoms with Gasteiger partial charge in [0, 0.05) is 25.3 Å². The summed E-state index contributed by atoms with van der Waals surface area (Å²) in [4.78, 5) is 27.4. The molecule has 1 atom stereocenters. The van der Waals surface area contributed by atoms with Crippen LogP contribution in [0.15, 0.2) is 29.8 Å². The minimum Gasteiger partial charge on any atom is -0.376 e. The average molecular weight is 367 g/mol. The van der Waals surface area contributed by atoms with Crippen molar-refractivity contribution in [3.05, 3.63) is 35.4 Å². The summed E-state index contributed by atoms with van der Waals surface area (Å²) in [6.45, 7) is 5.81. The molecule has 1 unspecified atom stereocenters. The Bertz CT molecular complexity index is 801. The molecule has 0 spiro atoms. The number of hydrogen-bond donors (Lipinski definition) is 1. The molecule has 0 aliphatic carbocycles. The summed E-state index contributed by atoms with van der Waals surface area (Å²) in [6, 6.07) is 9.29. The molecule has 1 fully saturated rings. The number of nitriles is 1. The second-order valence-electron chi connectivity index (χ2n) is 7.36. The van der Waals surface area contributed by atoms with E-state index in [-0.39, 0.29) is 23.2 Å². The quantitative estimate of drug-likeness (QED) is 0.619. The molecule has 0 saturated carbocycles. The molecule has 6 heteroatoms. The predicted octanol–water partition coefficient (Wildman–Crippen LogP) is 2.65. The third kappa shape index (κ3) is 4.04. The first kappa shape index (κ1) is 19.1. The zero-order valence-corrected chi connectivity index (χ0v) is 15.8. The minimum absolute atomic E-state index is 0.0204. The fraction of sp³-hybridized carbons (Fsp3) is 0.476. The molecular formula is C21H25N3O3. The van der Waals surface area contributed by atoms with Crippen LogP contribution in [0.25, 0.3) is 5.57 Å². The molecule has 3 rings (SSSR count). The second-order valence-corrected chi connectivity index (χ2v) is 7.36. The average Bonchev–Trinajstić information content (AvgIpc) is 3.26. The molecule has 2 heterocycles. The van der Waals surface area contributed by atoms with E-state index in [0.717, 1.165) is 24.9 Å². The number of para-hydroxylation sites is 1. The van der Waals surface area contributed by atoms with Crippen molar-refractivity contribution in [3.8, 4) is 6.07 Å². The summed E-state index contributed by atoms with van der Waals surface area (Å²) in [5.74, 6) is -0.347. The third-order valence-electron chi connectivity index (χ3n) is 4.96. The van der Waals surface area contributed by atoms with E-state index in [1.165, 1.54) is 0 Å². The molecule has 1 saturated heterocycles. The number of nitrogens with one attached hydrogen (secondary N) is 1. The monoisotopic (exact) mass is 367 g/mol. The molecule has 1 aromatic rings. The standard InChI is InChI=1S/C21H25N3O3/c1-14(2)9-10-24-18-8-4-3-7-16(18)19(21(24)26)17(12-22)20(25)23-13-15-6-5-11-27-15/h3-4,7-8,14-15H,5-6,9-11,13H2,1-2H3,(H,23,25). The molecule has 1 aromatic carbocycles. The molecular weight excluding hydrogens is 342 g/mol. The molecule has 142 valence electrons. The molecule has 27 heavy (non-hydrogen) atoms. The van der Waals surface area contributed by atoms with Crippen molar-refractivity contribution < 1.29 is 14.3 Å². The number of fused-ring (bicyclic) bond motifs is 1. The van der Waals surface area contributed by atoms with Gasteiger partial charge in [-0.3, -0.25) is 9.59 Å². The van der Waals surface area contributed by atoms with Crippen molar-refractivity contribution in [1.82, 2.24) is 5.32 Å². The number of amides is 2. The predicted molar refractivity (Wildman–Crippen MR) is 103 cm³/mol. The van der Waals surface area contributed by atoms with Crippen molar-refractivity contribution in [3.63, 3.8) is 0 Å². The summed E-state index contributed by atoms with van der Waals surface area (Å²) in [5.41, 5.74) is 1.48. The maximum atomic E-state index is 13.1. The summed E-state index contributed by atoms with van der Waals surface area (Å²) < 4.78 is 5.50. The van der Waals surface area contributed by atoms with Crippen molar-refractivity contribution in [1.29, 1.82) is 5.26 Å². The Balaban J connectivity index is 1.88. The first-order valence-corrected chi connectivity index (χ1v) is 9.48. The van der Waals surface area contributed by atoms with E-state index < -0.39 is 5.91 Å². The highest BCUT2D eigenvalue weighted by Crippen LogP contribution is 2.38. The molecule has 0 bridgehead atoms. The maximum absolute atomic E-state index is 13.1. The van der Waals surface area contributed by atoms with Crippen molar-refractivity contribution in [2.45, 2.75) is 39.2 Å². The number of nitrogens with zero attached hydrogens (tertiary/aromatic N) is 2. The van der Waals surface area contributed by atoms with Crippen LogP contribution in [0, 0.1) is 17.2 Å². The van der Waals surface area contributed by atoms with E-state index in [2.05, 4.69) is 19.2 Å². The van der Waals surface area contributed by atoms with Crippen LogP contribution in [-0.2, 0) is 14.3 Å². The van der Waals surface area contributed by atoms with Gasteiger partial charge in [-0.15, -0.1) is 0 Å². The summed E-state index contributed by atoms with van der Waals surface area (Å²) in [6.07, 6.45) is 2.70. The Morgan fingerprint density at radius 1 is 1.41 bits per heavy atom.